The number of hydrogen-bond donors (Lipinski definition) is 8. The van der Waals surface area contributed by atoms with Gasteiger partial charge >= 0.3 is 0 Å². The average Bonchev–Trinajstić information content (AvgIpc) is 3.33. The van der Waals surface area contributed by atoms with Crippen LogP contribution in [0.2, 0.25) is 0 Å². The van der Waals surface area contributed by atoms with E-state index in [1.54, 1.807) is 20.0 Å². The Kier molecular flexibility index (Phi) is 26.1. The molecule has 2 aliphatic rings. The first kappa shape index (κ1) is 67.3. The van der Waals surface area contributed by atoms with Gasteiger partial charge in [-0.15, -0.1) is 0 Å². The maximum atomic E-state index is 12.4. The van der Waals surface area contributed by atoms with Gasteiger partial charge < -0.3 is 40.5 Å². The number of aromatic nitrogens is 6. The summed E-state index contributed by atoms with van der Waals surface area (Å²) in [7, 11) is -16.5. The fourth-order valence-electron chi connectivity index (χ4n) is 6.82. The molecule has 6 aromatic rings. The van der Waals surface area contributed by atoms with Crippen molar-refractivity contribution in [3.63, 3.8) is 0 Å². The average molecular weight is 1160 g/mol. The zero-order chi connectivity index (χ0) is 51.8. The van der Waals surface area contributed by atoms with Crippen molar-refractivity contribution in [2.75, 3.05) is 90.7 Å². The van der Waals surface area contributed by atoms with E-state index in [9.17, 15) is 47.3 Å². The van der Waals surface area contributed by atoms with Crippen LogP contribution in [0.1, 0.15) is 17.0 Å². The maximum absolute atomic E-state index is 12.4. The summed E-state index contributed by atoms with van der Waals surface area (Å²) < 4.78 is 142. The summed E-state index contributed by atoms with van der Waals surface area (Å²) in [5, 5.41) is 11.6. The number of anilines is 9. The first-order chi connectivity index (χ1) is 34.0. The van der Waals surface area contributed by atoms with Gasteiger partial charge in [0.1, 0.15) is 15.6 Å². The third kappa shape index (κ3) is 19.4. The monoisotopic (exact) mass is 1160 g/mol. The summed E-state index contributed by atoms with van der Waals surface area (Å²) in [6, 6.07) is 19.0. The van der Waals surface area contributed by atoms with Crippen LogP contribution < -0.4 is 31.1 Å². The van der Waals surface area contributed by atoms with Crippen molar-refractivity contribution >= 4 is 223 Å². The number of morpholine rings is 2. The number of ether oxygens (including phenoxy) is 2. The zero-order valence-electron chi connectivity index (χ0n) is 42.0. The Morgan fingerprint density at radius 3 is 1.18 bits per heavy atom. The largest absolute Gasteiger partial charge is 0.388 e. The van der Waals surface area contributed by atoms with Crippen LogP contribution in [-0.4, -0.2) is 260 Å². The van der Waals surface area contributed by atoms with E-state index in [0.717, 1.165) is 6.07 Å². The molecule has 4 radical (unpaired) electrons. The molecule has 8 rings (SSSR count). The fourth-order valence-corrected chi connectivity index (χ4v) is 9.20. The minimum atomic E-state index is -4.81. The molecule has 26 nitrogen and oxygen atoms in total. The molecule has 2 aliphatic heterocycles. The standard InChI is InChI=1S/C28H29N7O10S3.C14H17N5O4S.4Na/c1-29-21-6-4-18(24(16-21)47(39,40)41)2-3-19-5-7-22(17-25(19)48(42,43)44)31-27-32-26(33-28(34-27)35-12-14-45-15-13-35)30-20-8-10-23(11-9-20)46(36,37)38;1-10-15-13(18-14(16-10)19-6-8-23-9-7-19)17-11-2-4-12(5-3-11)24(20,21)22;;;;/h2-11,16-17,29H,12-15H2,1H3,(H,36,37,38)(H,39,40,41)(H,42,43,44)(H2,30,31,32,33,34);2-5H,6-9H2,1H3,(H,20,21,22)(H,15,16,17,18);;;;/b3-2+;;;;;. The summed E-state index contributed by atoms with van der Waals surface area (Å²) in [6.45, 7) is 6.25. The van der Waals surface area contributed by atoms with E-state index < -0.39 is 50.3 Å². The molecule has 2 aromatic heterocycles. The van der Waals surface area contributed by atoms with Gasteiger partial charge in [0.2, 0.25) is 29.7 Å². The van der Waals surface area contributed by atoms with E-state index in [1.807, 2.05) is 9.80 Å². The molecule has 4 heterocycles. The van der Waals surface area contributed by atoms with E-state index in [4.69, 9.17) is 14.0 Å². The Morgan fingerprint density at radius 1 is 0.461 bits per heavy atom. The van der Waals surface area contributed by atoms with Gasteiger partial charge in [-0.3, -0.25) is 18.2 Å². The van der Waals surface area contributed by atoms with Crippen LogP contribution in [0.3, 0.4) is 0 Å². The molecule has 0 spiro atoms. The molecule has 0 aliphatic carbocycles. The van der Waals surface area contributed by atoms with Crippen molar-refractivity contribution in [3.05, 3.63) is 102 Å². The summed E-state index contributed by atoms with van der Waals surface area (Å²) in [5.41, 5.74) is 1.61. The third-order valence-corrected chi connectivity index (χ3v) is 13.9. The normalized spacial score (nSPS) is 13.8. The predicted octanol–water partition coefficient (Wildman–Crippen LogP) is 2.63. The first-order valence-corrected chi connectivity index (χ1v) is 27.0. The van der Waals surface area contributed by atoms with Crippen molar-refractivity contribution in [2.45, 2.75) is 26.5 Å². The Labute approximate surface area is 527 Å². The van der Waals surface area contributed by atoms with Gasteiger partial charge in [-0.25, -0.2) is 0 Å². The van der Waals surface area contributed by atoms with Crippen molar-refractivity contribution in [2.24, 2.45) is 0 Å². The zero-order valence-corrected chi connectivity index (χ0v) is 53.2. The molecule has 4 aromatic carbocycles. The van der Waals surface area contributed by atoms with Crippen molar-refractivity contribution in [3.8, 4) is 0 Å². The second-order valence-electron chi connectivity index (χ2n) is 15.4. The number of rotatable bonds is 15. The molecule has 0 unspecified atom stereocenters. The number of aryl methyl sites for hydroxylation is 1. The summed E-state index contributed by atoms with van der Waals surface area (Å²) in [5.74, 6) is 1.79. The topological polar surface area (TPSA) is 368 Å². The molecule has 34 heteroatoms. The van der Waals surface area contributed by atoms with Crippen LogP contribution in [0.15, 0.2) is 105 Å². The van der Waals surface area contributed by atoms with Gasteiger partial charge in [0, 0.05) is 174 Å². The van der Waals surface area contributed by atoms with Crippen LogP contribution >= 0.6 is 0 Å². The van der Waals surface area contributed by atoms with Gasteiger partial charge in [-0.2, -0.15) is 63.6 Å². The quantitative estimate of drug-likeness (QED) is 0.0416. The second kappa shape index (κ2) is 29.5. The Hall–Kier alpha value is -3.00. The van der Waals surface area contributed by atoms with Gasteiger partial charge in [-0.1, -0.05) is 24.3 Å². The van der Waals surface area contributed by atoms with Crippen molar-refractivity contribution in [1.29, 1.82) is 0 Å². The summed E-state index contributed by atoms with van der Waals surface area (Å²) in [4.78, 5) is 28.6. The summed E-state index contributed by atoms with van der Waals surface area (Å²) in [6.07, 6.45) is 2.55. The van der Waals surface area contributed by atoms with Gasteiger partial charge in [0.25, 0.3) is 40.5 Å². The number of benzene rings is 4. The van der Waals surface area contributed by atoms with E-state index in [2.05, 4.69) is 51.2 Å². The molecular weight excluding hydrogens is 1120 g/mol. The Morgan fingerprint density at radius 2 is 0.803 bits per heavy atom. The molecular formula is C42H46N12Na4O14S4. The van der Waals surface area contributed by atoms with Crippen LogP contribution in [0.4, 0.5) is 52.5 Å². The minimum absolute atomic E-state index is 0. The molecule has 0 saturated carbocycles. The van der Waals surface area contributed by atoms with Crippen LogP contribution in [0.5, 0.6) is 0 Å². The second-order valence-corrected chi connectivity index (χ2v) is 21.0. The van der Waals surface area contributed by atoms with E-state index in [1.165, 1.54) is 84.9 Å². The van der Waals surface area contributed by atoms with Crippen LogP contribution in [0.25, 0.3) is 12.2 Å². The number of nitrogens with one attached hydrogen (secondary N) is 4. The molecule has 8 N–H and O–H groups in total. The summed E-state index contributed by atoms with van der Waals surface area (Å²) >= 11 is 0. The molecule has 2 saturated heterocycles. The van der Waals surface area contributed by atoms with Gasteiger partial charge in [-0.05, 0) is 90.8 Å². The molecule has 76 heavy (non-hydrogen) atoms. The van der Waals surface area contributed by atoms with Crippen LogP contribution in [0, 0.1) is 6.92 Å². The molecule has 386 valence electrons. The van der Waals surface area contributed by atoms with Gasteiger partial charge in [0.05, 0.1) is 36.2 Å². The Balaban J connectivity index is 0.000000460. The molecule has 2 fully saturated rings. The smallest absolute Gasteiger partial charge is 0.295 e. The number of nitrogens with zero attached hydrogens (tertiary/aromatic N) is 8. The SMILES string of the molecule is CNc1ccc(/C=C/c2ccc(Nc3nc(Nc4ccc(S(=O)(=O)O)cc4)nc(N4CCOCC4)n3)cc2S(=O)(=O)O)c(S(=O)(=O)O)c1.Cc1nc(Nc2ccc(S(=O)(=O)O)cc2)nc(N2CCOCC2)n1.[Na].[Na].[Na].[Na]. The van der Waals surface area contributed by atoms with E-state index >= 15 is 0 Å². The fraction of sp³-hybridized carbons (Fsp3) is 0.238. The molecule has 0 atom stereocenters. The third-order valence-electron chi connectivity index (χ3n) is 10.3. The van der Waals surface area contributed by atoms with Crippen LogP contribution in [-0.2, 0) is 49.9 Å². The minimum Gasteiger partial charge on any atom is -0.388 e. The van der Waals surface area contributed by atoms with Crippen molar-refractivity contribution in [1.82, 2.24) is 29.9 Å². The molecule has 0 amide bonds. The molecule has 0 bridgehead atoms. The van der Waals surface area contributed by atoms with Crippen molar-refractivity contribution < 1.29 is 61.4 Å². The van der Waals surface area contributed by atoms with E-state index in [0.29, 0.717) is 87.4 Å². The Bertz CT molecular complexity index is 3440. The van der Waals surface area contributed by atoms with Gasteiger partial charge in [0.15, 0.2) is 0 Å². The maximum Gasteiger partial charge on any atom is 0.295 e. The predicted molar refractivity (Wildman–Crippen MR) is 287 cm³/mol. The van der Waals surface area contributed by atoms with E-state index in [-0.39, 0.29) is 163 Å². The number of hydrogen-bond acceptors (Lipinski definition) is 22. The first-order valence-electron chi connectivity index (χ1n) is 21.2.